The van der Waals surface area contributed by atoms with E-state index >= 15 is 0 Å². The van der Waals surface area contributed by atoms with Gasteiger partial charge >= 0.3 is 0 Å². The van der Waals surface area contributed by atoms with Crippen LogP contribution in [-0.4, -0.2) is 28.0 Å². The van der Waals surface area contributed by atoms with E-state index in [1.54, 1.807) is 31.3 Å². The van der Waals surface area contributed by atoms with Gasteiger partial charge in [0, 0.05) is 12.7 Å². The molecule has 172 valence electrons. The SMILES string of the molecule is Cc1ccc2c(c1)N(C)C(=O)c1cc(NS(=O)(=O)c3ccc(OCC(C)C)cc3)ccc1O2. The maximum absolute atomic E-state index is 13.1. The second-order valence-electron chi connectivity index (χ2n) is 8.43. The minimum absolute atomic E-state index is 0.0944. The summed E-state index contributed by atoms with van der Waals surface area (Å²) in [6.45, 7) is 6.56. The molecule has 0 aliphatic carbocycles. The Labute approximate surface area is 194 Å². The van der Waals surface area contributed by atoms with Gasteiger partial charge in [0.2, 0.25) is 0 Å². The van der Waals surface area contributed by atoms with Gasteiger partial charge in [-0.1, -0.05) is 19.9 Å². The molecule has 0 saturated heterocycles. The summed E-state index contributed by atoms with van der Waals surface area (Å²) >= 11 is 0. The molecule has 1 aliphatic rings. The molecule has 1 amide bonds. The predicted molar refractivity (Wildman–Crippen MR) is 128 cm³/mol. The second kappa shape index (κ2) is 8.78. The van der Waals surface area contributed by atoms with Crippen molar-refractivity contribution in [3.63, 3.8) is 0 Å². The van der Waals surface area contributed by atoms with Crippen molar-refractivity contribution in [2.24, 2.45) is 5.92 Å². The highest BCUT2D eigenvalue weighted by Crippen LogP contribution is 2.39. The number of hydrogen-bond acceptors (Lipinski definition) is 5. The number of anilines is 2. The van der Waals surface area contributed by atoms with E-state index in [0.29, 0.717) is 35.5 Å². The second-order valence-corrected chi connectivity index (χ2v) is 10.1. The lowest BCUT2D eigenvalue weighted by atomic mass is 10.1. The summed E-state index contributed by atoms with van der Waals surface area (Å²) in [7, 11) is -2.19. The van der Waals surface area contributed by atoms with Gasteiger partial charge in [0.1, 0.15) is 11.5 Å². The van der Waals surface area contributed by atoms with Crippen molar-refractivity contribution in [3.8, 4) is 17.2 Å². The lowest BCUT2D eigenvalue weighted by molar-refractivity contribution is 0.0993. The number of ether oxygens (including phenoxy) is 2. The molecule has 0 bridgehead atoms. The standard InChI is InChI=1S/C25H26N2O5S/c1-16(2)15-31-19-7-9-20(10-8-19)33(29,30)26-18-6-12-23-21(14-18)25(28)27(4)22-13-17(3)5-11-24(22)32-23/h5-14,16,26H,15H2,1-4H3. The largest absolute Gasteiger partial charge is 0.493 e. The van der Waals surface area contributed by atoms with Crippen LogP contribution in [-0.2, 0) is 10.0 Å². The lowest BCUT2D eigenvalue weighted by Crippen LogP contribution is -2.25. The molecule has 7 nitrogen and oxygen atoms in total. The molecule has 0 aromatic heterocycles. The quantitative estimate of drug-likeness (QED) is 0.539. The maximum atomic E-state index is 13.1. The molecule has 0 unspecified atom stereocenters. The Kier molecular flexibility index (Phi) is 6.03. The normalized spacial score (nSPS) is 13.1. The van der Waals surface area contributed by atoms with Crippen molar-refractivity contribution in [1.29, 1.82) is 0 Å². The van der Waals surface area contributed by atoms with E-state index in [2.05, 4.69) is 4.72 Å². The van der Waals surface area contributed by atoms with Crippen LogP contribution in [0.2, 0.25) is 0 Å². The zero-order valence-electron chi connectivity index (χ0n) is 19.0. The molecule has 3 aromatic rings. The topological polar surface area (TPSA) is 84.9 Å². The molecule has 4 rings (SSSR count). The van der Waals surface area contributed by atoms with E-state index in [-0.39, 0.29) is 22.1 Å². The molecule has 0 spiro atoms. The van der Waals surface area contributed by atoms with Crippen LogP contribution in [0, 0.1) is 12.8 Å². The van der Waals surface area contributed by atoms with Crippen molar-refractivity contribution < 1.29 is 22.7 Å². The minimum atomic E-state index is -3.86. The first-order valence-electron chi connectivity index (χ1n) is 10.6. The van der Waals surface area contributed by atoms with Gasteiger partial charge < -0.3 is 14.4 Å². The zero-order valence-corrected chi connectivity index (χ0v) is 19.8. The zero-order chi connectivity index (χ0) is 23.8. The van der Waals surface area contributed by atoms with Crippen LogP contribution in [0.5, 0.6) is 17.2 Å². The minimum Gasteiger partial charge on any atom is -0.493 e. The molecule has 33 heavy (non-hydrogen) atoms. The Bertz CT molecular complexity index is 1300. The van der Waals surface area contributed by atoms with Gasteiger partial charge in [0.15, 0.2) is 5.75 Å². The van der Waals surface area contributed by atoms with E-state index in [4.69, 9.17) is 9.47 Å². The fourth-order valence-corrected chi connectivity index (χ4v) is 4.48. The number of benzene rings is 3. The molecule has 1 aliphatic heterocycles. The van der Waals surface area contributed by atoms with Gasteiger partial charge in [-0.05, 0) is 73.0 Å². The molecule has 0 atom stereocenters. The predicted octanol–water partition coefficient (Wildman–Crippen LogP) is 5.21. The number of nitrogens with zero attached hydrogens (tertiary/aromatic N) is 1. The first-order valence-corrected chi connectivity index (χ1v) is 12.1. The molecule has 0 saturated carbocycles. The molecular weight excluding hydrogens is 440 g/mol. The van der Waals surface area contributed by atoms with Crippen LogP contribution in [0.15, 0.2) is 65.6 Å². The van der Waals surface area contributed by atoms with Crippen LogP contribution < -0.4 is 19.1 Å². The summed E-state index contributed by atoms with van der Waals surface area (Å²) < 4.78 is 39.9. The number of rotatable bonds is 6. The summed E-state index contributed by atoms with van der Waals surface area (Å²) in [6, 6.07) is 16.5. The monoisotopic (exact) mass is 466 g/mol. The van der Waals surface area contributed by atoms with Gasteiger partial charge in [-0.3, -0.25) is 9.52 Å². The molecule has 1 N–H and O–H groups in total. The highest BCUT2D eigenvalue weighted by molar-refractivity contribution is 7.92. The molecule has 0 radical (unpaired) electrons. The Balaban J connectivity index is 1.58. The molecule has 0 fully saturated rings. The third kappa shape index (κ3) is 4.80. The third-order valence-corrected chi connectivity index (χ3v) is 6.58. The summed E-state index contributed by atoms with van der Waals surface area (Å²) in [5.41, 5.74) is 2.18. The van der Waals surface area contributed by atoms with Crippen molar-refractivity contribution >= 4 is 27.3 Å². The van der Waals surface area contributed by atoms with Crippen LogP contribution in [0.25, 0.3) is 0 Å². The number of fused-ring (bicyclic) bond motifs is 2. The van der Waals surface area contributed by atoms with Gasteiger partial charge in [-0.2, -0.15) is 0 Å². The number of aryl methyl sites for hydroxylation is 1. The number of carbonyl (C=O) groups excluding carboxylic acids is 1. The van der Waals surface area contributed by atoms with Crippen molar-refractivity contribution in [3.05, 3.63) is 71.8 Å². The van der Waals surface area contributed by atoms with Crippen LogP contribution in [0.1, 0.15) is 29.8 Å². The first kappa shape index (κ1) is 22.7. The van der Waals surface area contributed by atoms with Crippen LogP contribution in [0.3, 0.4) is 0 Å². The molecule has 1 heterocycles. The van der Waals surface area contributed by atoms with Crippen molar-refractivity contribution in [2.45, 2.75) is 25.7 Å². The summed E-state index contributed by atoms with van der Waals surface area (Å²) in [4.78, 5) is 14.7. The van der Waals surface area contributed by atoms with Crippen LogP contribution in [0.4, 0.5) is 11.4 Å². The number of carbonyl (C=O) groups is 1. The molecular formula is C25H26N2O5S. The number of hydrogen-bond donors (Lipinski definition) is 1. The number of nitrogens with one attached hydrogen (secondary N) is 1. The van der Waals surface area contributed by atoms with Gasteiger partial charge in [-0.15, -0.1) is 0 Å². The number of sulfonamides is 1. The fraction of sp³-hybridized carbons (Fsp3) is 0.240. The summed E-state index contributed by atoms with van der Waals surface area (Å²) in [5.74, 6) is 1.61. The van der Waals surface area contributed by atoms with Gasteiger partial charge in [-0.25, -0.2) is 8.42 Å². The molecule has 3 aromatic carbocycles. The van der Waals surface area contributed by atoms with Crippen molar-refractivity contribution in [2.75, 3.05) is 23.3 Å². The van der Waals surface area contributed by atoms with Gasteiger partial charge in [0.05, 0.1) is 22.8 Å². The highest BCUT2D eigenvalue weighted by atomic mass is 32.2. The Morgan fingerprint density at radius 3 is 2.39 bits per heavy atom. The van der Waals surface area contributed by atoms with Crippen LogP contribution >= 0.6 is 0 Å². The Hall–Kier alpha value is -3.52. The van der Waals surface area contributed by atoms with Crippen molar-refractivity contribution in [1.82, 2.24) is 0 Å². The van der Waals surface area contributed by atoms with E-state index in [0.717, 1.165) is 5.56 Å². The fourth-order valence-electron chi connectivity index (χ4n) is 3.43. The van der Waals surface area contributed by atoms with E-state index < -0.39 is 10.0 Å². The lowest BCUT2D eigenvalue weighted by Gasteiger charge is -2.17. The van der Waals surface area contributed by atoms with E-state index in [1.807, 2.05) is 39.0 Å². The van der Waals surface area contributed by atoms with E-state index in [1.165, 1.54) is 23.1 Å². The Morgan fingerprint density at radius 2 is 1.70 bits per heavy atom. The average molecular weight is 467 g/mol. The maximum Gasteiger partial charge on any atom is 0.261 e. The smallest absolute Gasteiger partial charge is 0.261 e. The van der Waals surface area contributed by atoms with E-state index in [9.17, 15) is 13.2 Å². The summed E-state index contributed by atoms with van der Waals surface area (Å²) in [5, 5.41) is 0. The third-order valence-electron chi connectivity index (χ3n) is 5.18. The summed E-state index contributed by atoms with van der Waals surface area (Å²) in [6.07, 6.45) is 0. The molecule has 8 heteroatoms. The van der Waals surface area contributed by atoms with Gasteiger partial charge in [0.25, 0.3) is 15.9 Å². The average Bonchev–Trinajstić information content (AvgIpc) is 2.87. The number of amides is 1. The first-order chi connectivity index (χ1) is 15.6. The highest BCUT2D eigenvalue weighted by Gasteiger charge is 2.27. The Morgan fingerprint density at radius 1 is 1.00 bits per heavy atom.